The Bertz CT molecular complexity index is 1020. The summed E-state index contributed by atoms with van der Waals surface area (Å²) in [6.07, 6.45) is 0. The Kier molecular flexibility index (Phi) is 5.08. The molecule has 26 heavy (non-hydrogen) atoms. The first kappa shape index (κ1) is 18.1. The average Bonchev–Trinajstić information content (AvgIpc) is 2.63. The molecule has 0 aliphatic heterocycles. The number of rotatable bonds is 5. The van der Waals surface area contributed by atoms with E-state index in [0.717, 1.165) is 0 Å². The van der Waals surface area contributed by atoms with Crippen molar-refractivity contribution in [1.29, 1.82) is 0 Å². The summed E-state index contributed by atoms with van der Waals surface area (Å²) in [6, 6.07) is 16.9. The van der Waals surface area contributed by atoms with Crippen molar-refractivity contribution in [2.24, 2.45) is 0 Å². The van der Waals surface area contributed by atoms with Crippen molar-refractivity contribution in [1.82, 2.24) is 0 Å². The van der Waals surface area contributed by atoms with E-state index in [1.54, 1.807) is 0 Å². The Hall–Kier alpha value is -2.68. The standard InChI is InChI=1S/C18H14O6S2/c19-13-1-9-17(10-2-13)26(22,23)18-11-5-15(6-12-18)24-14-3-7-16(8-4-14)25(20)21/h1-12,19H,(H,20,21)/p-1. The monoisotopic (exact) mass is 389 g/mol. The summed E-state index contributed by atoms with van der Waals surface area (Å²) >= 11 is -2.30. The van der Waals surface area contributed by atoms with Crippen molar-refractivity contribution >= 4 is 20.9 Å². The van der Waals surface area contributed by atoms with Crippen molar-refractivity contribution in [2.45, 2.75) is 14.7 Å². The molecule has 134 valence electrons. The highest BCUT2D eigenvalue weighted by atomic mass is 32.2. The van der Waals surface area contributed by atoms with Crippen LogP contribution in [0.1, 0.15) is 0 Å². The second-order valence-corrected chi connectivity index (χ2v) is 8.17. The molecule has 1 unspecified atom stereocenters. The molecule has 0 spiro atoms. The molecule has 1 N–H and O–H groups in total. The molecule has 3 rings (SSSR count). The smallest absolute Gasteiger partial charge is 0.206 e. The minimum Gasteiger partial charge on any atom is -0.768 e. The first-order chi connectivity index (χ1) is 12.4. The van der Waals surface area contributed by atoms with Gasteiger partial charge in [0.1, 0.15) is 17.2 Å². The zero-order chi connectivity index (χ0) is 18.7. The van der Waals surface area contributed by atoms with E-state index in [0.29, 0.717) is 11.5 Å². The second-order valence-electron chi connectivity index (χ2n) is 5.28. The maximum atomic E-state index is 12.5. The number of aromatic hydroxyl groups is 1. The second kappa shape index (κ2) is 7.28. The summed E-state index contributed by atoms with van der Waals surface area (Å²) in [7, 11) is -3.70. The van der Waals surface area contributed by atoms with E-state index in [1.807, 2.05) is 0 Å². The fourth-order valence-electron chi connectivity index (χ4n) is 2.20. The third-order valence-electron chi connectivity index (χ3n) is 3.53. The van der Waals surface area contributed by atoms with Crippen LogP contribution in [0.5, 0.6) is 17.2 Å². The molecule has 8 heteroatoms. The molecule has 0 aliphatic carbocycles. The number of phenolic OH excluding ortho intramolecular Hbond substituents is 1. The molecular weight excluding hydrogens is 376 g/mol. The molecule has 3 aromatic carbocycles. The molecule has 0 fully saturated rings. The van der Waals surface area contributed by atoms with Crippen molar-refractivity contribution in [3.8, 4) is 17.2 Å². The summed E-state index contributed by atoms with van der Waals surface area (Å²) in [5, 5.41) is 9.27. The zero-order valence-electron chi connectivity index (χ0n) is 13.2. The lowest BCUT2D eigenvalue weighted by molar-refractivity contribution is 0.474. The molecule has 6 nitrogen and oxygen atoms in total. The molecule has 0 radical (unpaired) electrons. The largest absolute Gasteiger partial charge is 0.768 e. The van der Waals surface area contributed by atoms with Gasteiger partial charge in [0.2, 0.25) is 9.84 Å². The van der Waals surface area contributed by atoms with E-state index in [9.17, 15) is 22.3 Å². The number of hydrogen-bond donors (Lipinski definition) is 1. The lowest BCUT2D eigenvalue weighted by Gasteiger charge is -2.09. The van der Waals surface area contributed by atoms with Crippen LogP contribution in [0, 0.1) is 0 Å². The van der Waals surface area contributed by atoms with Crippen LogP contribution in [0.4, 0.5) is 0 Å². The third-order valence-corrected chi connectivity index (χ3v) is 5.98. The predicted octanol–water partition coefficient (Wildman–Crippen LogP) is 3.26. The highest BCUT2D eigenvalue weighted by molar-refractivity contribution is 7.91. The summed E-state index contributed by atoms with van der Waals surface area (Å²) in [4.78, 5) is 0.311. The van der Waals surface area contributed by atoms with Crippen LogP contribution < -0.4 is 4.74 Å². The summed E-state index contributed by atoms with van der Waals surface area (Å²) in [5.74, 6) is 0.818. The van der Waals surface area contributed by atoms with E-state index < -0.39 is 20.9 Å². The molecule has 0 saturated carbocycles. The molecule has 0 aromatic heterocycles. The van der Waals surface area contributed by atoms with E-state index in [2.05, 4.69) is 0 Å². The van der Waals surface area contributed by atoms with E-state index in [1.165, 1.54) is 72.8 Å². The van der Waals surface area contributed by atoms with Crippen LogP contribution in [0.2, 0.25) is 0 Å². The molecule has 0 bridgehead atoms. The number of hydrogen-bond acceptors (Lipinski definition) is 6. The van der Waals surface area contributed by atoms with E-state index >= 15 is 0 Å². The van der Waals surface area contributed by atoms with Crippen LogP contribution in [-0.2, 0) is 20.9 Å². The minimum absolute atomic E-state index is 0.0143. The molecule has 1 atom stereocenters. The van der Waals surface area contributed by atoms with Gasteiger partial charge in [-0.1, -0.05) is 0 Å². The maximum Gasteiger partial charge on any atom is 0.206 e. The Morgan fingerprint density at radius 1 is 0.769 bits per heavy atom. The number of benzene rings is 3. The first-order valence-electron chi connectivity index (χ1n) is 7.37. The maximum absolute atomic E-state index is 12.5. The fraction of sp³-hybridized carbons (Fsp3) is 0. The third kappa shape index (κ3) is 3.93. The quantitative estimate of drug-likeness (QED) is 0.672. The van der Waals surface area contributed by atoms with Gasteiger partial charge < -0.3 is 14.4 Å². The normalized spacial score (nSPS) is 12.5. The van der Waals surface area contributed by atoms with Gasteiger partial charge >= 0.3 is 0 Å². The van der Waals surface area contributed by atoms with Crippen molar-refractivity contribution in [3.05, 3.63) is 72.8 Å². The Morgan fingerprint density at radius 3 is 1.65 bits per heavy atom. The van der Waals surface area contributed by atoms with Crippen LogP contribution in [0.25, 0.3) is 0 Å². The van der Waals surface area contributed by atoms with Gasteiger partial charge in [0.05, 0.1) is 9.79 Å². The number of phenols is 1. The fourth-order valence-corrected chi connectivity index (χ4v) is 3.82. The highest BCUT2D eigenvalue weighted by Crippen LogP contribution is 2.27. The average molecular weight is 389 g/mol. The van der Waals surface area contributed by atoms with Crippen molar-refractivity contribution in [2.75, 3.05) is 0 Å². The van der Waals surface area contributed by atoms with Crippen molar-refractivity contribution < 1.29 is 27.0 Å². The molecular formula is C18H13O6S2-. The van der Waals surface area contributed by atoms with Gasteiger partial charge in [-0.3, -0.25) is 4.21 Å². The summed E-state index contributed by atoms with van der Waals surface area (Å²) < 4.78 is 52.3. The van der Waals surface area contributed by atoms with Gasteiger partial charge in [-0.25, -0.2) is 8.42 Å². The molecule has 0 aliphatic rings. The van der Waals surface area contributed by atoms with Gasteiger partial charge in [-0.2, -0.15) is 0 Å². The topological polar surface area (TPSA) is 104 Å². The Morgan fingerprint density at radius 2 is 1.19 bits per heavy atom. The van der Waals surface area contributed by atoms with Gasteiger partial charge in [0.15, 0.2) is 0 Å². The lowest BCUT2D eigenvalue weighted by Crippen LogP contribution is -2.01. The van der Waals surface area contributed by atoms with Gasteiger partial charge in [-0.05, 0) is 83.9 Å². The van der Waals surface area contributed by atoms with Crippen LogP contribution in [-0.4, -0.2) is 22.3 Å². The molecule has 0 saturated heterocycles. The highest BCUT2D eigenvalue weighted by Gasteiger charge is 2.17. The summed E-state index contributed by atoms with van der Waals surface area (Å²) in [5.41, 5.74) is 0. The Balaban J connectivity index is 1.79. The van der Waals surface area contributed by atoms with E-state index in [4.69, 9.17) is 4.74 Å². The SMILES string of the molecule is O=S([O-])c1ccc(Oc2ccc(S(=O)(=O)c3ccc(O)cc3)cc2)cc1. The molecule has 3 aromatic rings. The lowest BCUT2D eigenvalue weighted by atomic mass is 10.3. The van der Waals surface area contributed by atoms with Gasteiger partial charge in [0, 0.05) is 4.90 Å². The molecule has 0 amide bonds. The van der Waals surface area contributed by atoms with Crippen LogP contribution >= 0.6 is 0 Å². The van der Waals surface area contributed by atoms with Gasteiger partial charge in [0.25, 0.3) is 0 Å². The van der Waals surface area contributed by atoms with Crippen molar-refractivity contribution in [3.63, 3.8) is 0 Å². The number of ether oxygens (including phenoxy) is 1. The minimum atomic E-state index is -3.70. The predicted molar refractivity (Wildman–Crippen MR) is 93.7 cm³/mol. The summed E-state index contributed by atoms with van der Waals surface area (Å²) in [6.45, 7) is 0. The van der Waals surface area contributed by atoms with Gasteiger partial charge in [-0.15, -0.1) is 0 Å². The molecule has 0 heterocycles. The van der Waals surface area contributed by atoms with E-state index in [-0.39, 0.29) is 20.4 Å². The zero-order valence-corrected chi connectivity index (χ0v) is 14.9. The Labute approximate surface area is 152 Å². The van der Waals surface area contributed by atoms with Crippen LogP contribution in [0.15, 0.2) is 87.5 Å². The first-order valence-corrected chi connectivity index (χ1v) is 9.93. The number of sulfone groups is 1. The van der Waals surface area contributed by atoms with Crippen LogP contribution in [0.3, 0.4) is 0 Å².